The van der Waals surface area contributed by atoms with Crippen LogP contribution in [-0.4, -0.2) is 45.8 Å². The van der Waals surface area contributed by atoms with Crippen LogP contribution in [0.1, 0.15) is 39.5 Å². The first-order chi connectivity index (χ1) is 8.25. The molecular formula is C11H22N2O5. The lowest BCUT2D eigenvalue weighted by atomic mass is 10.00. The average molecular weight is 262 g/mol. The maximum Gasteiger partial charge on any atom is 0.303 e. The minimum atomic E-state index is -1.13. The number of carbonyl (C=O) groups is 1. The molecule has 7 heteroatoms. The van der Waals surface area contributed by atoms with Crippen molar-refractivity contribution < 1.29 is 19.9 Å². The molecule has 106 valence electrons. The van der Waals surface area contributed by atoms with Crippen molar-refractivity contribution in [3.8, 4) is 0 Å². The Hall–Kier alpha value is -1.21. The summed E-state index contributed by atoms with van der Waals surface area (Å²) in [5, 5.41) is 30.5. The van der Waals surface area contributed by atoms with Gasteiger partial charge in [0, 0.05) is 25.2 Å². The fourth-order valence-corrected chi connectivity index (χ4v) is 1.31. The molecule has 7 nitrogen and oxygen atoms in total. The van der Waals surface area contributed by atoms with Gasteiger partial charge in [0.05, 0.1) is 12.5 Å². The molecule has 1 rings (SSSR count). The Morgan fingerprint density at radius 2 is 1.94 bits per heavy atom. The lowest BCUT2D eigenvalue weighted by Gasteiger charge is -2.16. The van der Waals surface area contributed by atoms with Crippen molar-refractivity contribution in [2.24, 2.45) is 0 Å². The SMILES string of the molecule is CC(C)(CCC(=O)O)[N+](=O)[O-].OC1CCNCC1. The summed E-state index contributed by atoms with van der Waals surface area (Å²) in [6.45, 7) is 4.80. The summed E-state index contributed by atoms with van der Waals surface area (Å²) in [6.07, 6.45) is 1.74. The van der Waals surface area contributed by atoms with Gasteiger partial charge in [0.2, 0.25) is 5.54 Å². The molecule has 0 unspecified atom stereocenters. The molecule has 0 aromatic heterocycles. The number of hydrogen-bond acceptors (Lipinski definition) is 5. The van der Waals surface area contributed by atoms with E-state index in [-0.39, 0.29) is 18.9 Å². The molecule has 0 aromatic rings. The van der Waals surface area contributed by atoms with Crippen molar-refractivity contribution in [1.29, 1.82) is 0 Å². The summed E-state index contributed by atoms with van der Waals surface area (Å²) in [7, 11) is 0. The first kappa shape index (κ1) is 16.8. The Bertz CT molecular complexity index is 275. The van der Waals surface area contributed by atoms with Gasteiger partial charge in [-0.25, -0.2) is 0 Å². The minimum Gasteiger partial charge on any atom is -0.481 e. The second kappa shape index (κ2) is 7.99. The number of aliphatic hydroxyl groups excluding tert-OH is 1. The molecule has 0 bridgehead atoms. The largest absolute Gasteiger partial charge is 0.481 e. The van der Waals surface area contributed by atoms with E-state index in [0.717, 1.165) is 25.9 Å². The summed E-state index contributed by atoms with van der Waals surface area (Å²) < 4.78 is 0. The maximum absolute atomic E-state index is 10.2. The van der Waals surface area contributed by atoms with Crippen LogP contribution in [0.25, 0.3) is 0 Å². The zero-order valence-electron chi connectivity index (χ0n) is 10.9. The van der Waals surface area contributed by atoms with Gasteiger partial charge in [-0.2, -0.15) is 0 Å². The smallest absolute Gasteiger partial charge is 0.303 e. The zero-order chi connectivity index (χ0) is 14.2. The molecular weight excluding hydrogens is 240 g/mol. The van der Waals surface area contributed by atoms with Crippen LogP contribution in [0.4, 0.5) is 0 Å². The van der Waals surface area contributed by atoms with E-state index in [0.29, 0.717) is 0 Å². The van der Waals surface area contributed by atoms with Crippen molar-refractivity contribution in [2.75, 3.05) is 13.1 Å². The van der Waals surface area contributed by atoms with Crippen LogP contribution in [0, 0.1) is 10.1 Å². The van der Waals surface area contributed by atoms with Crippen LogP contribution < -0.4 is 5.32 Å². The number of piperidine rings is 1. The summed E-state index contributed by atoms with van der Waals surface area (Å²) in [5.74, 6) is -1.00. The number of nitrogens with zero attached hydrogens (tertiary/aromatic N) is 1. The van der Waals surface area contributed by atoms with Crippen molar-refractivity contribution in [3.63, 3.8) is 0 Å². The molecule has 1 saturated heterocycles. The molecule has 1 aliphatic rings. The highest BCUT2D eigenvalue weighted by atomic mass is 16.6. The fraction of sp³-hybridized carbons (Fsp3) is 0.909. The predicted molar refractivity (Wildman–Crippen MR) is 66.1 cm³/mol. The lowest BCUT2D eigenvalue weighted by molar-refractivity contribution is -0.561. The van der Waals surface area contributed by atoms with Gasteiger partial charge in [0.15, 0.2) is 0 Å². The quantitative estimate of drug-likeness (QED) is 0.506. The molecule has 0 aromatic carbocycles. The van der Waals surface area contributed by atoms with E-state index in [9.17, 15) is 14.9 Å². The standard InChI is InChI=1S/C6H11NO4.C5H11NO/c1-6(2,7(10)11)4-3-5(8)9;7-5-1-3-6-4-2-5/h3-4H2,1-2H3,(H,8,9);5-7H,1-4H2. The molecule has 1 aliphatic heterocycles. The van der Waals surface area contributed by atoms with Crippen LogP contribution in [0.15, 0.2) is 0 Å². The number of hydrogen-bond donors (Lipinski definition) is 3. The molecule has 0 atom stereocenters. The Balaban J connectivity index is 0.000000351. The van der Waals surface area contributed by atoms with E-state index in [4.69, 9.17) is 10.2 Å². The van der Waals surface area contributed by atoms with Crippen molar-refractivity contribution in [2.45, 2.75) is 51.2 Å². The number of carboxylic acids is 1. The van der Waals surface area contributed by atoms with Gasteiger partial charge in [-0.05, 0) is 25.9 Å². The number of nitrogens with one attached hydrogen (secondary N) is 1. The van der Waals surface area contributed by atoms with E-state index in [2.05, 4.69) is 5.32 Å². The highest BCUT2D eigenvalue weighted by Crippen LogP contribution is 2.14. The summed E-state index contributed by atoms with van der Waals surface area (Å²) >= 11 is 0. The Morgan fingerprint density at radius 1 is 1.44 bits per heavy atom. The lowest BCUT2D eigenvalue weighted by Crippen LogP contribution is -2.31. The molecule has 18 heavy (non-hydrogen) atoms. The Morgan fingerprint density at radius 3 is 2.22 bits per heavy atom. The fourth-order valence-electron chi connectivity index (χ4n) is 1.31. The summed E-state index contributed by atoms with van der Waals surface area (Å²) in [4.78, 5) is 19.8. The molecule has 0 amide bonds. The minimum absolute atomic E-state index is 0.0266. The first-order valence-corrected chi connectivity index (χ1v) is 6.01. The van der Waals surface area contributed by atoms with Crippen LogP contribution in [0.3, 0.4) is 0 Å². The summed E-state index contributed by atoms with van der Waals surface area (Å²) in [6, 6.07) is 0. The van der Waals surface area contributed by atoms with Crippen molar-refractivity contribution in [3.05, 3.63) is 10.1 Å². The van der Waals surface area contributed by atoms with Gasteiger partial charge in [0.1, 0.15) is 0 Å². The third kappa shape index (κ3) is 7.97. The third-order valence-electron chi connectivity index (χ3n) is 2.75. The second-order valence-corrected chi connectivity index (χ2v) is 4.94. The zero-order valence-corrected chi connectivity index (χ0v) is 10.9. The van der Waals surface area contributed by atoms with E-state index in [1.807, 2.05) is 0 Å². The summed E-state index contributed by atoms with van der Waals surface area (Å²) in [5.41, 5.74) is -1.13. The first-order valence-electron chi connectivity index (χ1n) is 6.01. The highest BCUT2D eigenvalue weighted by Gasteiger charge is 2.30. The number of aliphatic hydroxyl groups is 1. The Labute approximate surface area is 106 Å². The van der Waals surface area contributed by atoms with Crippen molar-refractivity contribution in [1.82, 2.24) is 5.32 Å². The van der Waals surface area contributed by atoms with Crippen molar-refractivity contribution >= 4 is 5.97 Å². The van der Waals surface area contributed by atoms with Crippen LogP contribution in [-0.2, 0) is 4.79 Å². The molecule has 0 spiro atoms. The van der Waals surface area contributed by atoms with Crippen LogP contribution in [0.2, 0.25) is 0 Å². The average Bonchev–Trinajstić information content (AvgIpc) is 2.28. The predicted octanol–water partition coefficient (Wildman–Crippen LogP) is 0.637. The molecule has 3 N–H and O–H groups in total. The maximum atomic E-state index is 10.2. The van der Waals surface area contributed by atoms with Gasteiger partial charge in [-0.1, -0.05) is 0 Å². The number of aliphatic carboxylic acids is 1. The normalized spacial score (nSPS) is 16.6. The van der Waals surface area contributed by atoms with Gasteiger partial charge in [-0.3, -0.25) is 14.9 Å². The second-order valence-electron chi connectivity index (χ2n) is 4.94. The van der Waals surface area contributed by atoms with E-state index in [1.54, 1.807) is 0 Å². The monoisotopic (exact) mass is 262 g/mol. The third-order valence-corrected chi connectivity index (χ3v) is 2.75. The molecule has 1 heterocycles. The number of carboxylic acid groups (broad SMARTS) is 1. The van der Waals surface area contributed by atoms with E-state index < -0.39 is 16.4 Å². The topological polar surface area (TPSA) is 113 Å². The molecule has 1 fully saturated rings. The van der Waals surface area contributed by atoms with E-state index in [1.165, 1.54) is 13.8 Å². The molecule has 0 radical (unpaired) electrons. The van der Waals surface area contributed by atoms with Crippen LogP contribution in [0.5, 0.6) is 0 Å². The van der Waals surface area contributed by atoms with Gasteiger partial charge in [-0.15, -0.1) is 0 Å². The Kier molecular flexibility index (Phi) is 7.45. The number of rotatable bonds is 4. The number of nitro groups is 1. The van der Waals surface area contributed by atoms with Gasteiger partial charge < -0.3 is 15.5 Å². The van der Waals surface area contributed by atoms with Gasteiger partial charge >= 0.3 is 5.97 Å². The van der Waals surface area contributed by atoms with E-state index >= 15 is 0 Å². The van der Waals surface area contributed by atoms with Crippen LogP contribution >= 0.6 is 0 Å². The highest BCUT2D eigenvalue weighted by molar-refractivity contribution is 5.66. The molecule has 0 aliphatic carbocycles. The molecule has 0 saturated carbocycles. The van der Waals surface area contributed by atoms with Gasteiger partial charge in [0.25, 0.3) is 0 Å².